The molecule has 0 spiro atoms. The molecule has 0 aliphatic heterocycles. The highest BCUT2D eigenvalue weighted by Crippen LogP contribution is 2.69. The normalized spacial score (nSPS) is 49.8. The molecule has 2 N–H and O–H groups in total. The number of aliphatic hydroxyl groups excluding tert-OH is 1. The van der Waals surface area contributed by atoms with E-state index in [4.69, 9.17) is 9.84 Å². The third kappa shape index (κ3) is 3.77. The average Bonchev–Trinajstić information content (AvgIpc) is 3.11. The van der Waals surface area contributed by atoms with Crippen LogP contribution >= 0.6 is 0 Å². The van der Waals surface area contributed by atoms with E-state index in [1.807, 2.05) is 6.92 Å². The molecule has 0 amide bonds. The molecule has 1 unspecified atom stereocenters. The molecule has 4 fully saturated rings. The van der Waals surface area contributed by atoms with Crippen LogP contribution in [0.4, 0.5) is 8.78 Å². The fraction of sp³-hybridized carbons (Fsp3) is 1.00. The van der Waals surface area contributed by atoms with Crippen molar-refractivity contribution in [2.45, 2.75) is 110 Å². The number of ether oxygens (including phenoxy) is 1. The van der Waals surface area contributed by atoms with Crippen molar-refractivity contribution in [2.75, 3.05) is 13.7 Å². The van der Waals surface area contributed by atoms with E-state index in [0.29, 0.717) is 29.6 Å². The van der Waals surface area contributed by atoms with Crippen molar-refractivity contribution in [3.63, 3.8) is 0 Å². The second-order valence-electron chi connectivity index (χ2n) is 12.7. The SMILES string of the molecule is CC[C@@]1(O)C[C@@H]2CC[C@@H]3[C@H](CC[C@]4(C)C([C@H](C)CC(F)(F)CO)CC[C@@H]34)[C@@]2(C)C[C@@H]1OC. The zero-order valence-electron chi connectivity index (χ0n) is 20.9. The molecule has 4 rings (SSSR count). The zero-order valence-corrected chi connectivity index (χ0v) is 20.9. The van der Waals surface area contributed by atoms with E-state index in [1.54, 1.807) is 7.11 Å². The number of halogens is 2. The minimum Gasteiger partial charge on any atom is -0.390 e. The molecule has 0 bridgehead atoms. The molecule has 0 aromatic heterocycles. The van der Waals surface area contributed by atoms with Gasteiger partial charge in [-0.15, -0.1) is 0 Å². The quantitative estimate of drug-likeness (QED) is 0.510. The Bertz CT molecular complexity index is 686. The highest BCUT2D eigenvalue weighted by atomic mass is 19.3. The lowest BCUT2D eigenvalue weighted by Gasteiger charge is -2.63. The Morgan fingerprint density at radius 3 is 2.34 bits per heavy atom. The van der Waals surface area contributed by atoms with Crippen LogP contribution < -0.4 is 0 Å². The topological polar surface area (TPSA) is 49.7 Å². The van der Waals surface area contributed by atoms with Gasteiger partial charge in [-0.05, 0) is 104 Å². The van der Waals surface area contributed by atoms with E-state index in [9.17, 15) is 13.9 Å². The van der Waals surface area contributed by atoms with Crippen LogP contribution in [0, 0.1) is 46.3 Å². The van der Waals surface area contributed by atoms with Crippen LogP contribution in [0.5, 0.6) is 0 Å². The van der Waals surface area contributed by atoms with Crippen molar-refractivity contribution in [2.24, 2.45) is 46.3 Å². The minimum absolute atomic E-state index is 0.0669. The van der Waals surface area contributed by atoms with Crippen molar-refractivity contribution < 1.29 is 23.7 Å². The molecule has 32 heavy (non-hydrogen) atoms. The number of methoxy groups -OCH3 is 1. The molecule has 186 valence electrons. The number of hydrogen-bond donors (Lipinski definition) is 2. The lowest BCUT2D eigenvalue weighted by Crippen LogP contribution is -2.60. The highest BCUT2D eigenvalue weighted by molar-refractivity contribution is 5.12. The number of rotatable bonds is 6. The van der Waals surface area contributed by atoms with Gasteiger partial charge in [0.25, 0.3) is 5.92 Å². The Kier molecular flexibility index (Phi) is 6.56. The molecule has 4 saturated carbocycles. The molecule has 5 heteroatoms. The highest BCUT2D eigenvalue weighted by Gasteiger charge is 2.63. The molecule has 3 nitrogen and oxygen atoms in total. The van der Waals surface area contributed by atoms with E-state index in [-0.39, 0.29) is 29.3 Å². The van der Waals surface area contributed by atoms with E-state index in [2.05, 4.69) is 20.8 Å². The van der Waals surface area contributed by atoms with Crippen LogP contribution in [-0.2, 0) is 4.74 Å². The third-order valence-electron chi connectivity index (χ3n) is 11.4. The third-order valence-corrected chi connectivity index (χ3v) is 11.4. The van der Waals surface area contributed by atoms with Crippen molar-refractivity contribution in [3.05, 3.63) is 0 Å². The number of alkyl halides is 2. The molecule has 4 aliphatic rings. The summed E-state index contributed by atoms with van der Waals surface area (Å²) in [4.78, 5) is 0. The van der Waals surface area contributed by atoms with Crippen LogP contribution in [0.3, 0.4) is 0 Å². The summed E-state index contributed by atoms with van der Waals surface area (Å²) in [6, 6.07) is 0. The van der Waals surface area contributed by atoms with Gasteiger partial charge in [0.05, 0.1) is 11.7 Å². The molecular formula is C27H46F2O3. The van der Waals surface area contributed by atoms with Crippen LogP contribution in [0.1, 0.15) is 91.9 Å². The first-order chi connectivity index (χ1) is 14.9. The first-order valence-electron chi connectivity index (χ1n) is 13.2. The van der Waals surface area contributed by atoms with Crippen molar-refractivity contribution in [1.29, 1.82) is 0 Å². The Balaban J connectivity index is 1.55. The Hall–Kier alpha value is -0.260. The lowest BCUT2D eigenvalue weighted by atomic mass is 9.43. The maximum Gasteiger partial charge on any atom is 0.270 e. The molecule has 4 aliphatic carbocycles. The maximum absolute atomic E-state index is 14.0. The Morgan fingerprint density at radius 2 is 1.72 bits per heavy atom. The lowest BCUT2D eigenvalue weighted by molar-refractivity contribution is -0.206. The summed E-state index contributed by atoms with van der Waals surface area (Å²) in [5.74, 6) is -0.250. The van der Waals surface area contributed by atoms with Gasteiger partial charge in [0.15, 0.2) is 0 Å². The fourth-order valence-corrected chi connectivity index (χ4v) is 9.66. The first-order valence-corrected chi connectivity index (χ1v) is 13.2. The van der Waals surface area contributed by atoms with Gasteiger partial charge in [-0.1, -0.05) is 27.7 Å². The van der Waals surface area contributed by atoms with Gasteiger partial charge < -0.3 is 14.9 Å². The van der Waals surface area contributed by atoms with Crippen molar-refractivity contribution in [1.82, 2.24) is 0 Å². The van der Waals surface area contributed by atoms with Crippen LogP contribution in [0.25, 0.3) is 0 Å². The summed E-state index contributed by atoms with van der Waals surface area (Å²) in [6.07, 6.45) is 9.11. The second kappa shape index (κ2) is 8.45. The molecule has 0 heterocycles. The van der Waals surface area contributed by atoms with Gasteiger partial charge in [-0.2, -0.15) is 0 Å². The number of aliphatic hydroxyl groups is 2. The van der Waals surface area contributed by atoms with E-state index < -0.39 is 18.1 Å². The van der Waals surface area contributed by atoms with Gasteiger partial charge >= 0.3 is 0 Å². The monoisotopic (exact) mass is 456 g/mol. The van der Waals surface area contributed by atoms with Crippen LogP contribution in [0.2, 0.25) is 0 Å². The Morgan fingerprint density at radius 1 is 1.03 bits per heavy atom. The average molecular weight is 457 g/mol. The predicted octanol–water partition coefficient (Wildman–Crippen LogP) is 6.07. The largest absolute Gasteiger partial charge is 0.390 e. The standard InChI is InChI=1S/C27H46F2O3/c1-6-26(31)14-18-7-8-19-21-10-9-20(17(2)13-27(28,29)16-30)24(21,3)12-11-22(19)25(18,4)15-23(26)32-5/h17-23,30-31H,6-16H2,1-5H3/t17-,18+,19+,20?,21+,22+,23+,24-,25+,26-/m1/s1. The first kappa shape index (κ1) is 24.9. The van der Waals surface area contributed by atoms with Gasteiger partial charge in [0, 0.05) is 13.5 Å². The van der Waals surface area contributed by atoms with Crippen LogP contribution in [-0.4, -0.2) is 41.6 Å². The van der Waals surface area contributed by atoms with E-state index in [0.717, 1.165) is 38.5 Å². The molecule has 10 atom stereocenters. The van der Waals surface area contributed by atoms with Gasteiger partial charge in [0.1, 0.15) is 6.61 Å². The van der Waals surface area contributed by atoms with Crippen LogP contribution in [0.15, 0.2) is 0 Å². The zero-order chi connectivity index (χ0) is 23.5. The second-order valence-corrected chi connectivity index (χ2v) is 12.7. The van der Waals surface area contributed by atoms with Gasteiger partial charge in [-0.25, -0.2) is 8.78 Å². The smallest absolute Gasteiger partial charge is 0.270 e. The fourth-order valence-electron chi connectivity index (χ4n) is 9.66. The predicted molar refractivity (Wildman–Crippen MR) is 122 cm³/mol. The van der Waals surface area contributed by atoms with E-state index in [1.165, 1.54) is 19.3 Å². The van der Waals surface area contributed by atoms with Gasteiger partial charge in [0.2, 0.25) is 0 Å². The maximum atomic E-state index is 14.0. The Labute approximate surface area is 193 Å². The summed E-state index contributed by atoms with van der Waals surface area (Å²) < 4.78 is 33.8. The summed E-state index contributed by atoms with van der Waals surface area (Å²) in [6.45, 7) is 7.88. The van der Waals surface area contributed by atoms with Gasteiger partial charge in [-0.3, -0.25) is 0 Å². The summed E-state index contributed by atoms with van der Waals surface area (Å²) in [5, 5.41) is 20.4. The van der Waals surface area contributed by atoms with Crippen molar-refractivity contribution >= 4 is 0 Å². The molecule has 0 aromatic rings. The summed E-state index contributed by atoms with van der Waals surface area (Å²) >= 11 is 0. The molecule has 0 saturated heterocycles. The number of hydrogen-bond acceptors (Lipinski definition) is 3. The summed E-state index contributed by atoms with van der Waals surface area (Å²) in [7, 11) is 1.75. The molecule has 0 aromatic carbocycles. The van der Waals surface area contributed by atoms with Crippen molar-refractivity contribution in [3.8, 4) is 0 Å². The summed E-state index contributed by atoms with van der Waals surface area (Å²) in [5.41, 5.74) is -0.379. The van der Waals surface area contributed by atoms with E-state index >= 15 is 0 Å². The minimum atomic E-state index is -2.97. The molecule has 0 radical (unpaired) electrons. The number of fused-ring (bicyclic) bond motifs is 5. The molecular weight excluding hydrogens is 410 g/mol.